The number of carbonyl (C=O) groups excluding carboxylic acids is 1. The molecule has 1 fully saturated rings. The van der Waals surface area contributed by atoms with Gasteiger partial charge in [0.2, 0.25) is 0 Å². The van der Waals surface area contributed by atoms with Crippen LogP contribution in [0.2, 0.25) is 5.02 Å². The predicted molar refractivity (Wildman–Crippen MR) is 86.2 cm³/mol. The van der Waals surface area contributed by atoms with Crippen LogP contribution in [0.15, 0.2) is 18.2 Å². The number of rotatable bonds is 2. The minimum absolute atomic E-state index is 0.202. The molecule has 1 aliphatic heterocycles. The summed E-state index contributed by atoms with van der Waals surface area (Å²) in [6, 6.07) is 5.19. The topological polar surface area (TPSA) is 55.8 Å². The van der Waals surface area contributed by atoms with Crippen molar-refractivity contribution in [2.24, 2.45) is 5.92 Å². The summed E-state index contributed by atoms with van der Waals surface area (Å²) in [6.45, 7) is 3.02. The first kappa shape index (κ1) is 15.9. The number of hydrogen-bond donors (Lipinski definition) is 2. The minimum Gasteiger partial charge on any atom is -0.391 e. The predicted octanol–water partition coefficient (Wildman–Crippen LogP) is 2.64. The number of aliphatic hydroxyl groups excluding tert-OH is 1. The number of halogens is 1. The van der Waals surface area contributed by atoms with Crippen LogP contribution in [0.3, 0.4) is 0 Å². The summed E-state index contributed by atoms with van der Waals surface area (Å²) in [7, 11) is 3.82. The number of nitrogens with zero attached hydrogens (tertiary/aromatic N) is 2. The average molecular weight is 312 g/mol. The van der Waals surface area contributed by atoms with Gasteiger partial charge in [0.25, 0.3) is 0 Å². The molecule has 1 aromatic carbocycles. The van der Waals surface area contributed by atoms with Gasteiger partial charge >= 0.3 is 6.03 Å². The van der Waals surface area contributed by atoms with Crippen molar-refractivity contribution in [3.05, 3.63) is 23.2 Å². The highest BCUT2D eigenvalue weighted by Gasteiger charge is 2.27. The van der Waals surface area contributed by atoms with Crippen molar-refractivity contribution >= 4 is 29.0 Å². The largest absolute Gasteiger partial charge is 0.391 e. The van der Waals surface area contributed by atoms with Crippen LogP contribution in [0.4, 0.5) is 16.2 Å². The lowest BCUT2D eigenvalue weighted by Crippen LogP contribution is -2.47. The minimum atomic E-state index is -0.461. The lowest BCUT2D eigenvalue weighted by molar-refractivity contribution is 0.0464. The molecule has 0 aromatic heterocycles. The Morgan fingerprint density at radius 3 is 2.81 bits per heavy atom. The van der Waals surface area contributed by atoms with Gasteiger partial charge in [0.05, 0.1) is 17.5 Å². The smallest absolute Gasteiger partial charge is 0.321 e. The first-order valence-electron chi connectivity index (χ1n) is 7.09. The van der Waals surface area contributed by atoms with Gasteiger partial charge in [-0.3, -0.25) is 0 Å². The van der Waals surface area contributed by atoms with E-state index in [9.17, 15) is 9.90 Å². The van der Waals surface area contributed by atoms with Crippen LogP contribution in [0, 0.1) is 5.92 Å². The molecule has 2 amide bonds. The summed E-state index contributed by atoms with van der Waals surface area (Å²) in [6.07, 6.45) is 0.349. The van der Waals surface area contributed by atoms with Gasteiger partial charge in [-0.15, -0.1) is 0 Å². The lowest BCUT2D eigenvalue weighted by Gasteiger charge is -2.34. The number of piperidine rings is 1. The van der Waals surface area contributed by atoms with E-state index >= 15 is 0 Å². The summed E-state index contributed by atoms with van der Waals surface area (Å²) in [5, 5.41) is 13.4. The van der Waals surface area contributed by atoms with Crippen molar-refractivity contribution in [2.75, 3.05) is 37.4 Å². The molecule has 0 radical (unpaired) electrons. The van der Waals surface area contributed by atoms with Crippen LogP contribution in [0.5, 0.6) is 0 Å². The van der Waals surface area contributed by atoms with Crippen molar-refractivity contribution in [2.45, 2.75) is 19.4 Å². The molecule has 1 aliphatic rings. The quantitative estimate of drug-likeness (QED) is 0.883. The van der Waals surface area contributed by atoms with Crippen LogP contribution < -0.4 is 10.2 Å². The lowest BCUT2D eigenvalue weighted by atomic mass is 9.96. The molecule has 2 rings (SSSR count). The van der Waals surface area contributed by atoms with Crippen molar-refractivity contribution in [3.8, 4) is 0 Å². The highest BCUT2D eigenvalue weighted by Crippen LogP contribution is 2.28. The number of amides is 2. The maximum absolute atomic E-state index is 12.3. The molecule has 2 N–H and O–H groups in total. The van der Waals surface area contributed by atoms with Crippen LogP contribution in [0.1, 0.15) is 13.3 Å². The van der Waals surface area contributed by atoms with E-state index in [0.717, 1.165) is 12.1 Å². The zero-order chi connectivity index (χ0) is 15.6. The molecule has 2 unspecified atom stereocenters. The number of carbonyl (C=O) groups is 1. The Balaban J connectivity index is 2.11. The normalized spacial score (nSPS) is 22.0. The monoisotopic (exact) mass is 311 g/mol. The van der Waals surface area contributed by atoms with Crippen LogP contribution in [-0.4, -0.2) is 49.3 Å². The summed E-state index contributed by atoms with van der Waals surface area (Å²) in [5.74, 6) is 0.234. The van der Waals surface area contributed by atoms with E-state index in [-0.39, 0.29) is 11.9 Å². The second-order valence-corrected chi connectivity index (χ2v) is 6.20. The molecular weight excluding hydrogens is 290 g/mol. The Labute approximate surface area is 130 Å². The fourth-order valence-electron chi connectivity index (χ4n) is 2.43. The molecule has 1 saturated heterocycles. The highest BCUT2D eigenvalue weighted by atomic mass is 35.5. The Bertz CT molecular complexity index is 522. The van der Waals surface area contributed by atoms with Crippen molar-refractivity contribution in [1.29, 1.82) is 0 Å². The Hall–Kier alpha value is -1.46. The number of anilines is 2. The molecule has 0 aliphatic carbocycles. The molecule has 0 bridgehead atoms. The van der Waals surface area contributed by atoms with E-state index < -0.39 is 6.10 Å². The van der Waals surface area contributed by atoms with Gasteiger partial charge in [-0.1, -0.05) is 18.5 Å². The number of likely N-dealkylation sites (tertiary alicyclic amines) is 1. The molecule has 1 aromatic rings. The summed E-state index contributed by atoms with van der Waals surface area (Å²) >= 11 is 6.01. The van der Waals surface area contributed by atoms with Gasteiger partial charge in [0.15, 0.2) is 0 Å². The molecule has 0 spiro atoms. The molecule has 116 valence electrons. The van der Waals surface area contributed by atoms with Crippen molar-refractivity contribution in [1.82, 2.24) is 4.90 Å². The summed E-state index contributed by atoms with van der Waals surface area (Å²) < 4.78 is 0. The molecule has 5 nitrogen and oxygen atoms in total. The third kappa shape index (κ3) is 3.80. The van der Waals surface area contributed by atoms with E-state index in [2.05, 4.69) is 5.32 Å². The Kier molecular flexibility index (Phi) is 4.96. The van der Waals surface area contributed by atoms with Gasteiger partial charge in [0, 0.05) is 32.2 Å². The Morgan fingerprint density at radius 2 is 2.19 bits per heavy atom. The standard InChI is InChI=1S/C15H22ClN3O2/c1-10-6-7-19(9-14(10)20)15(21)17-12-8-11(16)4-5-13(12)18(2)3/h4-5,8,10,14,20H,6-7,9H2,1-3H3,(H,17,21). The van der Waals surface area contributed by atoms with E-state index in [1.54, 1.807) is 17.0 Å². The number of aliphatic hydroxyl groups is 1. The molecule has 21 heavy (non-hydrogen) atoms. The van der Waals surface area contributed by atoms with E-state index in [4.69, 9.17) is 11.6 Å². The fraction of sp³-hybridized carbons (Fsp3) is 0.533. The van der Waals surface area contributed by atoms with E-state index in [0.29, 0.717) is 23.8 Å². The first-order chi connectivity index (χ1) is 9.88. The molecule has 6 heteroatoms. The molecule has 0 saturated carbocycles. The number of benzene rings is 1. The second kappa shape index (κ2) is 6.54. The van der Waals surface area contributed by atoms with E-state index in [1.807, 2.05) is 32.0 Å². The highest BCUT2D eigenvalue weighted by molar-refractivity contribution is 6.31. The fourth-order valence-corrected chi connectivity index (χ4v) is 2.60. The third-order valence-corrected chi connectivity index (χ3v) is 4.12. The van der Waals surface area contributed by atoms with Gasteiger partial charge < -0.3 is 20.2 Å². The van der Waals surface area contributed by atoms with Gasteiger partial charge in [-0.05, 0) is 30.5 Å². The number of β-amino-alcohol motifs (C(OH)–C–C–N with tert-alkyl or cyclic N) is 1. The Morgan fingerprint density at radius 1 is 1.48 bits per heavy atom. The molecule has 1 heterocycles. The zero-order valence-corrected chi connectivity index (χ0v) is 13.4. The van der Waals surface area contributed by atoms with Crippen LogP contribution >= 0.6 is 11.6 Å². The maximum Gasteiger partial charge on any atom is 0.321 e. The second-order valence-electron chi connectivity index (χ2n) is 5.77. The van der Waals surface area contributed by atoms with E-state index in [1.165, 1.54) is 0 Å². The average Bonchev–Trinajstić information content (AvgIpc) is 2.41. The first-order valence-corrected chi connectivity index (χ1v) is 7.47. The third-order valence-electron chi connectivity index (χ3n) is 3.89. The van der Waals surface area contributed by atoms with Crippen molar-refractivity contribution in [3.63, 3.8) is 0 Å². The van der Waals surface area contributed by atoms with Crippen molar-refractivity contribution < 1.29 is 9.90 Å². The molecular formula is C15H22ClN3O2. The summed E-state index contributed by atoms with van der Waals surface area (Å²) in [4.78, 5) is 15.9. The summed E-state index contributed by atoms with van der Waals surface area (Å²) in [5.41, 5.74) is 1.56. The zero-order valence-electron chi connectivity index (χ0n) is 12.6. The number of nitrogens with one attached hydrogen (secondary N) is 1. The number of hydrogen-bond acceptors (Lipinski definition) is 3. The van der Waals surface area contributed by atoms with Crippen LogP contribution in [-0.2, 0) is 0 Å². The molecule has 2 atom stereocenters. The van der Waals surface area contributed by atoms with Crippen LogP contribution in [0.25, 0.3) is 0 Å². The maximum atomic E-state index is 12.3. The van der Waals surface area contributed by atoms with Gasteiger partial charge in [-0.25, -0.2) is 4.79 Å². The SMILES string of the molecule is CC1CCN(C(=O)Nc2cc(Cl)ccc2N(C)C)CC1O. The van der Waals surface area contributed by atoms with Gasteiger partial charge in [-0.2, -0.15) is 0 Å². The van der Waals surface area contributed by atoms with Gasteiger partial charge in [0.1, 0.15) is 0 Å². The number of urea groups is 1.